The maximum Gasteiger partial charge on any atom is 0.306 e. The van der Waals surface area contributed by atoms with Gasteiger partial charge in [0.25, 0.3) is 0 Å². The lowest BCUT2D eigenvalue weighted by molar-refractivity contribution is -0.142. The van der Waals surface area contributed by atoms with Gasteiger partial charge in [-0.05, 0) is 42.0 Å². The van der Waals surface area contributed by atoms with Crippen LogP contribution in [0, 0.1) is 5.92 Å². The monoisotopic (exact) mass is 284 g/mol. The molecule has 1 fully saturated rings. The minimum absolute atomic E-state index is 0.112. The molecule has 0 amide bonds. The van der Waals surface area contributed by atoms with Crippen molar-refractivity contribution in [3.8, 4) is 0 Å². The van der Waals surface area contributed by atoms with Gasteiger partial charge >= 0.3 is 5.97 Å². The Bertz CT molecular complexity index is 624. The number of rotatable bonds is 5. The quantitative estimate of drug-likeness (QED) is 0.911. The second-order valence-electron chi connectivity index (χ2n) is 5.75. The van der Waals surface area contributed by atoms with Gasteiger partial charge in [-0.2, -0.15) is 0 Å². The second-order valence-corrected chi connectivity index (χ2v) is 5.75. The summed E-state index contributed by atoms with van der Waals surface area (Å²) in [6.45, 7) is 0.769. The summed E-state index contributed by atoms with van der Waals surface area (Å²) in [6.07, 6.45) is 3.32. The van der Waals surface area contributed by atoms with Gasteiger partial charge in [-0.3, -0.25) is 4.79 Å². The predicted octanol–water partition coefficient (Wildman–Crippen LogP) is 3.65. The van der Waals surface area contributed by atoms with Gasteiger partial charge < -0.3 is 9.84 Å². The molecule has 0 saturated carbocycles. The van der Waals surface area contributed by atoms with E-state index >= 15 is 0 Å². The molecule has 1 saturated heterocycles. The summed E-state index contributed by atoms with van der Waals surface area (Å²) >= 11 is 0. The molecule has 1 aliphatic rings. The Morgan fingerprint density at radius 2 is 2.05 bits per heavy atom. The number of carbonyl (C=O) groups is 1. The molecule has 2 aromatic carbocycles. The third-order valence-electron chi connectivity index (χ3n) is 4.27. The molecule has 110 valence electrons. The Hall–Kier alpha value is -1.87. The van der Waals surface area contributed by atoms with Gasteiger partial charge in [0.1, 0.15) is 0 Å². The van der Waals surface area contributed by atoms with Crippen molar-refractivity contribution < 1.29 is 14.6 Å². The number of fused-ring (bicyclic) bond motifs is 1. The number of hydrogen-bond acceptors (Lipinski definition) is 2. The summed E-state index contributed by atoms with van der Waals surface area (Å²) in [5.74, 6) is -1.10. The first-order valence-electron chi connectivity index (χ1n) is 7.55. The highest BCUT2D eigenvalue weighted by Gasteiger charge is 2.26. The zero-order valence-electron chi connectivity index (χ0n) is 12.0. The van der Waals surface area contributed by atoms with Gasteiger partial charge in [-0.1, -0.05) is 42.5 Å². The van der Waals surface area contributed by atoms with Crippen LogP contribution in [-0.4, -0.2) is 23.8 Å². The molecule has 3 heteroatoms. The van der Waals surface area contributed by atoms with Crippen LogP contribution >= 0.6 is 0 Å². The largest absolute Gasteiger partial charge is 0.481 e. The summed E-state index contributed by atoms with van der Waals surface area (Å²) in [4.78, 5) is 11.6. The molecule has 2 atom stereocenters. The van der Waals surface area contributed by atoms with Crippen LogP contribution in [-0.2, 0) is 16.0 Å². The third kappa shape index (κ3) is 3.24. The Balaban J connectivity index is 1.82. The first-order valence-corrected chi connectivity index (χ1v) is 7.55. The minimum atomic E-state index is -0.724. The molecule has 3 nitrogen and oxygen atoms in total. The summed E-state index contributed by atoms with van der Waals surface area (Å²) in [5, 5.41) is 11.8. The number of carboxylic acids is 1. The third-order valence-corrected chi connectivity index (χ3v) is 4.27. The van der Waals surface area contributed by atoms with E-state index in [2.05, 4.69) is 18.2 Å². The minimum Gasteiger partial charge on any atom is -0.481 e. The van der Waals surface area contributed by atoms with Crippen LogP contribution in [0.3, 0.4) is 0 Å². The fraction of sp³-hybridized carbons (Fsp3) is 0.389. The fourth-order valence-corrected chi connectivity index (χ4v) is 3.15. The number of carboxylic acid groups (broad SMARTS) is 1. The van der Waals surface area contributed by atoms with Crippen LogP contribution in [0.25, 0.3) is 10.8 Å². The Morgan fingerprint density at radius 1 is 1.24 bits per heavy atom. The van der Waals surface area contributed by atoms with Crippen molar-refractivity contribution in [1.29, 1.82) is 0 Å². The summed E-state index contributed by atoms with van der Waals surface area (Å²) in [5.41, 5.74) is 1.11. The van der Waals surface area contributed by atoms with E-state index in [1.165, 1.54) is 0 Å². The molecule has 3 rings (SSSR count). The van der Waals surface area contributed by atoms with E-state index in [0.29, 0.717) is 12.8 Å². The van der Waals surface area contributed by atoms with Gasteiger partial charge in [-0.25, -0.2) is 0 Å². The molecule has 0 bridgehead atoms. The Kier molecular flexibility index (Phi) is 4.20. The highest BCUT2D eigenvalue weighted by molar-refractivity contribution is 5.86. The van der Waals surface area contributed by atoms with Crippen LogP contribution in [0.1, 0.15) is 24.8 Å². The van der Waals surface area contributed by atoms with Crippen molar-refractivity contribution >= 4 is 16.7 Å². The van der Waals surface area contributed by atoms with E-state index in [1.54, 1.807) is 0 Å². The van der Waals surface area contributed by atoms with Crippen molar-refractivity contribution in [3.05, 3.63) is 48.0 Å². The molecule has 1 heterocycles. The van der Waals surface area contributed by atoms with Crippen molar-refractivity contribution in [1.82, 2.24) is 0 Å². The predicted molar refractivity (Wildman–Crippen MR) is 82.4 cm³/mol. The SMILES string of the molecule is O=C(O)[C@H](Cc1cccc2ccccc12)C[C@@H]1CCCO1. The van der Waals surface area contributed by atoms with Crippen LogP contribution in [0.5, 0.6) is 0 Å². The average Bonchev–Trinajstić information content (AvgIpc) is 3.00. The highest BCUT2D eigenvalue weighted by atomic mass is 16.5. The van der Waals surface area contributed by atoms with E-state index in [0.717, 1.165) is 35.8 Å². The van der Waals surface area contributed by atoms with Crippen LogP contribution in [0.4, 0.5) is 0 Å². The molecule has 2 aromatic rings. The van der Waals surface area contributed by atoms with E-state index in [-0.39, 0.29) is 12.0 Å². The number of benzene rings is 2. The van der Waals surface area contributed by atoms with Gasteiger partial charge in [0.2, 0.25) is 0 Å². The van der Waals surface area contributed by atoms with Crippen LogP contribution in [0.15, 0.2) is 42.5 Å². The van der Waals surface area contributed by atoms with Gasteiger partial charge in [0.05, 0.1) is 12.0 Å². The summed E-state index contributed by atoms with van der Waals surface area (Å²) < 4.78 is 5.60. The molecule has 1 aliphatic heterocycles. The zero-order valence-corrected chi connectivity index (χ0v) is 12.0. The number of aliphatic carboxylic acids is 1. The molecule has 21 heavy (non-hydrogen) atoms. The smallest absolute Gasteiger partial charge is 0.306 e. The average molecular weight is 284 g/mol. The topological polar surface area (TPSA) is 46.5 Å². The van der Waals surface area contributed by atoms with Gasteiger partial charge in [0, 0.05) is 6.61 Å². The lowest BCUT2D eigenvalue weighted by Crippen LogP contribution is -2.22. The standard InChI is InChI=1S/C18H20O3/c19-18(20)15(12-16-8-4-10-21-16)11-14-7-3-6-13-5-1-2-9-17(13)14/h1-3,5-7,9,15-16H,4,8,10-12H2,(H,19,20)/t15-,16+/m1/s1. The van der Waals surface area contributed by atoms with Gasteiger partial charge in [0.15, 0.2) is 0 Å². The van der Waals surface area contributed by atoms with E-state index in [4.69, 9.17) is 4.74 Å². The molecular formula is C18H20O3. The van der Waals surface area contributed by atoms with Gasteiger partial charge in [-0.15, -0.1) is 0 Å². The number of hydrogen-bond donors (Lipinski definition) is 1. The van der Waals surface area contributed by atoms with E-state index in [9.17, 15) is 9.90 Å². The summed E-state index contributed by atoms with van der Waals surface area (Å²) in [6, 6.07) is 14.2. The first kappa shape index (κ1) is 14.1. The second kappa shape index (κ2) is 6.27. The molecule has 0 aliphatic carbocycles. The first-order chi connectivity index (χ1) is 10.2. The molecule has 1 N–H and O–H groups in total. The Morgan fingerprint density at radius 3 is 2.81 bits per heavy atom. The maximum atomic E-state index is 11.6. The van der Waals surface area contributed by atoms with Crippen molar-refractivity contribution in [2.45, 2.75) is 31.8 Å². The van der Waals surface area contributed by atoms with Crippen molar-refractivity contribution in [2.75, 3.05) is 6.61 Å². The lowest BCUT2D eigenvalue weighted by Gasteiger charge is -2.17. The summed E-state index contributed by atoms with van der Waals surface area (Å²) in [7, 11) is 0. The number of ether oxygens (including phenoxy) is 1. The van der Waals surface area contributed by atoms with Crippen LogP contribution in [0.2, 0.25) is 0 Å². The molecule has 0 unspecified atom stereocenters. The van der Waals surface area contributed by atoms with E-state index in [1.807, 2.05) is 24.3 Å². The van der Waals surface area contributed by atoms with E-state index < -0.39 is 5.97 Å². The van der Waals surface area contributed by atoms with Crippen molar-refractivity contribution in [3.63, 3.8) is 0 Å². The molecule has 0 spiro atoms. The lowest BCUT2D eigenvalue weighted by atomic mass is 9.90. The molecular weight excluding hydrogens is 264 g/mol. The molecule has 0 radical (unpaired) electrons. The maximum absolute atomic E-state index is 11.6. The molecule has 0 aromatic heterocycles. The van der Waals surface area contributed by atoms with Crippen molar-refractivity contribution in [2.24, 2.45) is 5.92 Å². The Labute approximate surface area is 124 Å². The fourth-order valence-electron chi connectivity index (χ4n) is 3.15. The normalized spacial score (nSPS) is 19.7. The highest BCUT2D eigenvalue weighted by Crippen LogP contribution is 2.26. The van der Waals surface area contributed by atoms with Crippen LogP contribution < -0.4 is 0 Å². The zero-order chi connectivity index (χ0) is 14.7.